The maximum absolute atomic E-state index is 12.7. The Morgan fingerprint density at radius 3 is 2.76 bits per heavy atom. The van der Waals surface area contributed by atoms with Crippen molar-refractivity contribution in [2.24, 2.45) is 16.8 Å². The molecule has 1 aromatic carbocycles. The van der Waals surface area contributed by atoms with E-state index in [1.54, 1.807) is 4.90 Å². The maximum Gasteiger partial charge on any atom is 0.255 e. The van der Waals surface area contributed by atoms with Crippen molar-refractivity contribution in [1.82, 2.24) is 4.90 Å². The molecule has 7 heteroatoms. The summed E-state index contributed by atoms with van der Waals surface area (Å²) >= 11 is 5.60. The molecule has 0 saturated heterocycles. The molecular formula is C14H19BrIN3O2. The fourth-order valence-electron chi connectivity index (χ4n) is 1.85. The number of nitrogens with zero attached hydrogens (tertiary/aromatic N) is 2. The predicted octanol–water partition coefficient (Wildman–Crippen LogP) is 3.29. The number of nitrogens with two attached hydrogens (primary N) is 1. The molecule has 0 heterocycles. The van der Waals surface area contributed by atoms with Crippen LogP contribution in [0, 0.1) is 9.49 Å². The van der Waals surface area contributed by atoms with Gasteiger partial charge in [0.1, 0.15) is 5.84 Å². The summed E-state index contributed by atoms with van der Waals surface area (Å²) < 4.78 is 1.77. The first-order valence-electron chi connectivity index (χ1n) is 6.55. The van der Waals surface area contributed by atoms with Crippen LogP contribution in [-0.2, 0) is 0 Å². The Labute approximate surface area is 146 Å². The van der Waals surface area contributed by atoms with Crippen LogP contribution in [0.25, 0.3) is 0 Å². The highest BCUT2D eigenvalue weighted by atomic mass is 127. The second-order valence-electron chi connectivity index (χ2n) is 5.11. The number of amides is 1. The van der Waals surface area contributed by atoms with Crippen molar-refractivity contribution in [1.29, 1.82) is 0 Å². The van der Waals surface area contributed by atoms with Gasteiger partial charge in [-0.05, 0) is 62.6 Å². The normalized spacial score (nSPS) is 11.8. The first-order valence-corrected chi connectivity index (χ1v) is 8.43. The van der Waals surface area contributed by atoms with Crippen LogP contribution < -0.4 is 5.73 Å². The minimum Gasteiger partial charge on any atom is -0.409 e. The van der Waals surface area contributed by atoms with E-state index in [1.807, 2.05) is 32.0 Å². The van der Waals surface area contributed by atoms with E-state index in [9.17, 15) is 4.79 Å². The highest BCUT2D eigenvalue weighted by Crippen LogP contribution is 2.21. The first-order chi connectivity index (χ1) is 9.85. The summed E-state index contributed by atoms with van der Waals surface area (Å²) in [5, 5.41) is 11.6. The summed E-state index contributed by atoms with van der Waals surface area (Å²) in [7, 11) is 0. The van der Waals surface area contributed by atoms with Gasteiger partial charge in [0.05, 0.1) is 5.56 Å². The smallest absolute Gasteiger partial charge is 0.255 e. The molecule has 116 valence electrons. The number of oxime groups is 1. The molecule has 0 aliphatic carbocycles. The van der Waals surface area contributed by atoms with Gasteiger partial charge in [-0.1, -0.05) is 19.0 Å². The third kappa shape index (κ3) is 5.82. The Hall–Kier alpha value is -0.830. The van der Waals surface area contributed by atoms with Gasteiger partial charge in [0, 0.05) is 27.6 Å². The Morgan fingerprint density at radius 2 is 2.19 bits per heavy atom. The number of carbonyl (C=O) groups is 1. The molecule has 0 aliphatic rings. The zero-order valence-corrected chi connectivity index (χ0v) is 15.8. The van der Waals surface area contributed by atoms with Crippen molar-refractivity contribution in [3.8, 4) is 0 Å². The third-order valence-corrected chi connectivity index (χ3v) is 4.16. The zero-order valence-electron chi connectivity index (χ0n) is 12.0. The van der Waals surface area contributed by atoms with Crippen molar-refractivity contribution in [3.05, 3.63) is 31.8 Å². The van der Waals surface area contributed by atoms with Crippen molar-refractivity contribution in [2.45, 2.75) is 20.3 Å². The van der Waals surface area contributed by atoms with Crippen LogP contribution in [0.15, 0.2) is 27.8 Å². The molecule has 21 heavy (non-hydrogen) atoms. The van der Waals surface area contributed by atoms with E-state index in [1.165, 1.54) is 0 Å². The summed E-state index contributed by atoms with van der Waals surface area (Å²) in [6.45, 7) is 5.14. The number of hydrogen-bond acceptors (Lipinski definition) is 3. The minimum absolute atomic E-state index is 0.0557. The molecule has 1 amide bonds. The van der Waals surface area contributed by atoms with Crippen LogP contribution in [-0.4, -0.2) is 34.9 Å². The van der Waals surface area contributed by atoms with Crippen molar-refractivity contribution < 1.29 is 10.0 Å². The molecule has 0 atom stereocenters. The van der Waals surface area contributed by atoms with Gasteiger partial charge in [-0.25, -0.2) is 0 Å². The maximum atomic E-state index is 12.7. The van der Waals surface area contributed by atoms with E-state index in [4.69, 9.17) is 10.9 Å². The monoisotopic (exact) mass is 467 g/mol. The van der Waals surface area contributed by atoms with E-state index in [0.717, 1.165) is 8.04 Å². The number of hydrogen-bond donors (Lipinski definition) is 2. The number of halogens is 2. The van der Waals surface area contributed by atoms with Crippen molar-refractivity contribution >= 4 is 50.3 Å². The standard InChI is InChI=1S/C14H19BrIN3O2/c1-9(2)8-19(6-5-13(17)18-21)14(20)11-7-10(16)3-4-12(11)15/h3-4,7,9,21H,5-6,8H2,1-2H3,(H2,17,18). The molecule has 0 spiro atoms. The lowest BCUT2D eigenvalue weighted by atomic mass is 10.1. The van der Waals surface area contributed by atoms with Crippen LogP contribution in [0.5, 0.6) is 0 Å². The molecule has 0 radical (unpaired) electrons. The van der Waals surface area contributed by atoms with Crippen LogP contribution in [0.1, 0.15) is 30.6 Å². The number of amidine groups is 1. The average molecular weight is 468 g/mol. The third-order valence-electron chi connectivity index (χ3n) is 2.80. The summed E-state index contributed by atoms with van der Waals surface area (Å²) in [4.78, 5) is 14.4. The van der Waals surface area contributed by atoms with Gasteiger partial charge in [0.25, 0.3) is 5.91 Å². The van der Waals surface area contributed by atoms with Crippen LogP contribution in [0.3, 0.4) is 0 Å². The van der Waals surface area contributed by atoms with Gasteiger partial charge in [0.15, 0.2) is 0 Å². The predicted molar refractivity (Wildman–Crippen MR) is 95.6 cm³/mol. The SMILES string of the molecule is CC(C)CN(CC/C(N)=N/O)C(=O)c1cc(I)ccc1Br. The Bertz CT molecular complexity index is 535. The summed E-state index contributed by atoms with van der Waals surface area (Å²) in [5.74, 6) is 0.404. The quantitative estimate of drug-likeness (QED) is 0.221. The lowest BCUT2D eigenvalue weighted by molar-refractivity contribution is 0.0739. The van der Waals surface area contributed by atoms with Gasteiger partial charge >= 0.3 is 0 Å². The fourth-order valence-corrected chi connectivity index (χ4v) is 2.76. The Kier molecular flexibility index (Phi) is 7.44. The van der Waals surface area contributed by atoms with Crippen molar-refractivity contribution in [3.63, 3.8) is 0 Å². The summed E-state index contributed by atoms with van der Waals surface area (Å²) in [6, 6.07) is 5.65. The fraction of sp³-hybridized carbons (Fsp3) is 0.429. The highest BCUT2D eigenvalue weighted by molar-refractivity contribution is 14.1. The molecule has 0 saturated carbocycles. The molecule has 1 aromatic rings. The molecule has 1 rings (SSSR count). The van der Waals surface area contributed by atoms with Gasteiger partial charge in [-0.15, -0.1) is 0 Å². The van der Waals surface area contributed by atoms with Gasteiger partial charge < -0.3 is 15.8 Å². The number of benzene rings is 1. The molecule has 0 aromatic heterocycles. The van der Waals surface area contributed by atoms with E-state index < -0.39 is 0 Å². The second kappa shape index (κ2) is 8.57. The molecule has 0 bridgehead atoms. The largest absolute Gasteiger partial charge is 0.409 e. The van der Waals surface area contributed by atoms with E-state index in [-0.39, 0.29) is 11.7 Å². The number of rotatable bonds is 6. The minimum atomic E-state index is -0.0557. The molecular weight excluding hydrogens is 449 g/mol. The summed E-state index contributed by atoms with van der Waals surface area (Å²) in [5.41, 5.74) is 6.12. The molecule has 3 N–H and O–H groups in total. The first kappa shape index (κ1) is 18.2. The van der Waals surface area contributed by atoms with Crippen LogP contribution in [0.4, 0.5) is 0 Å². The zero-order chi connectivity index (χ0) is 16.0. The Morgan fingerprint density at radius 1 is 1.52 bits per heavy atom. The van der Waals surface area contributed by atoms with Crippen LogP contribution in [0.2, 0.25) is 0 Å². The van der Waals surface area contributed by atoms with Gasteiger partial charge in [-0.3, -0.25) is 4.79 Å². The Balaban J connectivity index is 2.96. The number of carbonyl (C=O) groups excluding carboxylic acids is 1. The van der Waals surface area contributed by atoms with E-state index >= 15 is 0 Å². The van der Waals surface area contributed by atoms with Gasteiger partial charge in [-0.2, -0.15) is 0 Å². The van der Waals surface area contributed by atoms with Gasteiger partial charge in [0.2, 0.25) is 0 Å². The molecule has 5 nitrogen and oxygen atoms in total. The summed E-state index contributed by atoms with van der Waals surface area (Å²) in [6.07, 6.45) is 0.344. The lowest BCUT2D eigenvalue weighted by Crippen LogP contribution is -2.37. The topological polar surface area (TPSA) is 78.9 Å². The molecule has 0 aliphatic heterocycles. The molecule has 0 fully saturated rings. The lowest BCUT2D eigenvalue weighted by Gasteiger charge is -2.25. The van der Waals surface area contributed by atoms with Crippen LogP contribution >= 0.6 is 38.5 Å². The molecule has 0 unspecified atom stereocenters. The van der Waals surface area contributed by atoms with E-state index in [2.05, 4.69) is 43.7 Å². The van der Waals surface area contributed by atoms with E-state index in [0.29, 0.717) is 31.0 Å². The second-order valence-corrected chi connectivity index (χ2v) is 7.21. The average Bonchev–Trinajstić information content (AvgIpc) is 2.44. The van der Waals surface area contributed by atoms with Crippen molar-refractivity contribution in [2.75, 3.05) is 13.1 Å². The highest BCUT2D eigenvalue weighted by Gasteiger charge is 2.19.